The van der Waals surface area contributed by atoms with E-state index in [0.29, 0.717) is 10.7 Å². The Morgan fingerprint density at radius 1 is 1.22 bits per heavy atom. The summed E-state index contributed by atoms with van der Waals surface area (Å²) in [5, 5.41) is 13.8. The van der Waals surface area contributed by atoms with Gasteiger partial charge in [0.1, 0.15) is 0 Å². The summed E-state index contributed by atoms with van der Waals surface area (Å²) in [6.45, 7) is 8.52. The lowest BCUT2D eigenvalue weighted by molar-refractivity contribution is 0.555. The first-order valence-electron chi connectivity index (χ1n) is 8.54. The van der Waals surface area contributed by atoms with Crippen LogP contribution in [0.3, 0.4) is 0 Å². The molecule has 0 atom stereocenters. The number of aromatic nitrogens is 5. The number of hydrogen-bond donors (Lipinski definition) is 0. The highest BCUT2D eigenvalue weighted by Gasteiger charge is 2.20. The number of thioether (sulfide) groups is 1. The number of nitrogens with zero attached hydrogens (tertiary/aromatic N) is 5. The van der Waals surface area contributed by atoms with Gasteiger partial charge in [0.15, 0.2) is 15.9 Å². The average molecular weight is 418 g/mol. The summed E-state index contributed by atoms with van der Waals surface area (Å²) >= 11 is 4.76. The summed E-state index contributed by atoms with van der Waals surface area (Å²) in [6, 6.07) is 1.83. The molecule has 4 rings (SSSR count). The smallest absolute Gasteiger partial charge is 0.258 e. The maximum atomic E-state index is 12.2. The van der Waals surface area contributed by atoms with Crippen molar-refractivity contribution in [2.45, 2.75) is 44.6 Å². The molecular formula is C18H19N5OS3. The number of thiophene rings is 1. The minimum Gasteiger partial charge on any atom is -0.299 e. The molecule has 9 heteroatoms. The van der Waals surface area contributed by atoms with E-state index < -0.39 is 0 Å². The minimum absolute atomic E-state index is 0.0489. The molecule has 4 aromatic rings. The Morgan fingerprint density at radius 3 is 2.74 bits per heavy atom. The van der Waals surface area contributed by atoms with Gasteiger partial charge in [0.05, 0.1) is 5.69 Å². The van der Waals surface area contributed by atoms with Crippen molar-refractivity contribution in [1.82, 2.24) is 24.1 Å². The number of thiazole rings is 1. The zero-order valence-electron chi connectivity index (χ0n) is 15.5. The summed E-state index contributed by atoms with van der Waals surface area (Å²) in [4.78, 5) is 18.8. The van der Waals surface area contributed by atoms with Gasteiger partial charge in [-0.25, -0.2) is 4.98 Å². The Bertz CT molecular complexity index is 1170. The van der Waals surface area contributed by atoms with Gasteiger partial charge in [-0.3, -0.25) is 13.8 Å². The van der Waals surface area contributed by atoms with E-state index in [1.165, 1.54) is 21.8 Å². The first-order chi connectivity index (χ1) is 13.0. The summed E-state index contributed by atoms with van der Waals surface area (Å²) in [7, 11) is 0. The number of fused-ring (bicyclic) bond motifs is 1. The molecular weight excluding hydrogens is 398 g/mol. The lowest BCUT2D eigenvalue weighted by atomic mass is 10.1. The standard InChI is InChI=1S/C18H19N5OS3/c1-10(2)23-16(14-9-26-12(4)11(14)3)20-21-18(23)27-8-13-7-15(24)22-5-6-25-17(22)19-13/h5-7,9-10H,8H2,1-4H3. The SMILES string of the molecule is Cc1scc(-c2nnc(SCc3cc(=O)n4ccsc4n3)n2C(C)C)c1C. The van der Waals surface area contributed by atoms with E-state index in [0.717, 1.165) is 22.2 Å². The van der Waals surface area contributed by atoms with Crippen molar-refractivity contribution in [3.05, 3.63) is 49.5 Å². The van der Waals surface area contributed by atoms with Crippen LogP contribution < -0.4 is 5.56 Å². The molecule has 0 aliphatic rings. The maximum absolute atomic E-state index is 12.2. The fourth-order valence-electron chi connectivity index (χ4n) is 2.86. The van der Waals surface area contributed by atoms with Gasteiger partial charge in [-0.15, -0.1) is 32.9 Å². The van der Waals surface area contributed by atoms with Crippen LogP contribution in [0.2, 0.25) is 0 Å². The van der Waals surface area contributed by atoms with Gasteiger partial charge in [-0.05, 0) is 33.3 Å². The molecule has 0 bridgehead atoms. The van der Waals surface area contributed by atoms with Gasteiger partial charge in [0, 0.05) is 45.3 Å². The third-order valence-electron chi connectivity index (χ3n) is 4.41. The zero-order valence-corrected chi connectivity index (χ0v) is 17.9. The van der Waals surface area contributed by atoms with Crippen LogP contribution in [0.25, 0.3) is 16.3 Å². The molecule has 0 aliphatic carbocycles. The normalized spacial score (nSPS) is 11.7. The highest BCUT2D eigenvalue weighted by molar-refractivity contribution is 7.98. The zero-order chi connectivity index (χ0) is 19.1. The number of hydrogen-bond acceptors (Lipinski definition) is 7. The predicted octanol–water partition coefficient (Wildman–Crippen LogP) is 4.57. The second-order valence-electron chi connectivity index (χ2n) is 6.53. The molecule has 0 fully saturated rings. The van der Waals surface area contributed by atoms with E-state index in [1.54, 1.807) is 39.8 Å². The third kappa shape index (κ3) is 3.35. The van der Waals surface area contributed by atoms with Crippen molar-refractivity contribution < 1.29 is 0 Å². The molecule has 0 aromatic carbocycles. The lowest BCUT2D eigenvalue weighted by Gasteiger charge is -2.13. The first-order valence-corrected chi connectivity index (χ1v) is 11.3. The van der Waals surface area contributed by atoms with Crippen molar-refractivity contribution in [2.24, 2.45) is 0 Å². The van der Waals surface area contributed by atoms with E-state index >= 15 is 0 Å². The van der Waals surface area contributed by atoms with Crippen LogP contribution in [0.1, 0.15) is 36.0 Å². The Hall–Kier alpha value is -1.97. The van der Waals surface area contributed by atoms with E-state index in [4.69, 9.17) is 0 Å². The van der Waals surface area contributed by atoms with Crippen molar-refractivity contribution in [2.75, 3.05) is 0 Å². The molecule has 27 heavy (non-hydrogen) atoms. The third-order valence-corrected chi connectivity index (χ3v) is 7.16. The highest BCUT2D eigenvalue weighted by Crippen LogP contribution is 2.34. The quantitative estimate of drug-likeness (QED) is 0.445. The van der Waals surface area contributed by atoms with Crippen LogP contribution in [0.5, 0.6) is 0 Å². The minimum atomic E-state index is -0.0489. The molecule has 0 aliphatic heterocycles. The first kappa shape index (κ1) is 18.4. The van der Waals surface area contributed by atoms with E-state index in [-0.39, 0.29) is 11.6 Å². The predicted molar refractivity (Wildman–Crippen MR) is 112 cm³/mol. The van der Waals surface area contributed by atoms with Crippen molar-refractivity contribution >= 4 is 39.4 Å². The van der Waals surface area contributed by atoms with Crippen LogP contribution in [0.4, 0.5) is 0 Å². The molecule has 6 nitrogen and oxygen atoms in total. The van der Waals surface area contributed by atoms with Gasteiger partial charge in [-0.2, -0.15) is 0 Å². The van der Waals surface area contributed by atoms with E-state index in [1.807, 2.05) is 5.38 Å². The molecule has 0 unspecified atom stereocenters. The molecule has 0 radical (unpaired) electrons. The van der Waals surface area contributed by atoms with Gasteiger partial charge < -0.3 is 0 Å². The van der Waals surface area contributed by atoms with Gasteiger partial charge in [0.2, 0.25) is 0 Å². The fraction of sp³-hybridized carbons (Fsp3) is 0.333. The van der Waals surface area contributed by atoms with Crippen molar-refractivity contribution in [1.29, 1.82) is 0 Å². The fourth-order valence-corrected chi connectivity index (χ4v) is 5.42. The number of aryl methyl sites for hydroxylation is 1. The Balaban J connectivity index is 1.65. The Labute approximate surface area is 168 Å². The molecule has 0 N–H and O–H groups in total. The van der Waals surface area contributed by atoms with Gasteiger partial charge >= 0.3 is 0 Å². The van der Waals surface area contributed by atoms with Gasteiger partial charge in [-0.1, -0.05) is 11.8 Å². The highest BCUT2D eigenvalue weighted by atomic mass is 32.2. The average Bonchev–Trinajstić information content (AvgIpc) is 3.33. The Morgan fingerprint density at radius 2 is 2.04 bits per heavy atom. The number of rotatable bonds is 5. The lowest BCUT2D eigenvalue weighted by Crippen LogP contribution is -2.12. The monoisotopic (exact) mass is 417 g/mol. The second kappa shape index (κ2) is 7.21. The largest absolute Gasteiger partial charge is 0.299 e. The Kier molecular flexibility index (Phi) is 4.92. The molecule has 0 spiro atoms. The van der Waals surface area contributed by atoms with Crippen LogP contribution in [-0.2, 0) is 5.75 Å². The summed E-state index contributed by atoms with van der Waals surface area (Å²) in [5.41, 5.74) is 3.10. The van der Waals surface area contributed by atoms with Crippen LogP contribution >= 0.6 is 34.4 Å². The van der Waals surface area contributed by atoms with Crippen LogP contribution in [-0.4, -0.2) is 24.1 Å². The van der Waals surface area contributed by atoms with Crippen LogP contribution in [0, 0.1) is 13.8 Å². The van der Waals surface area contributed by atoms with Gasteiger partial charge in [0.25, 0.3) is 5.56 Å². The molecule has 4 heterocycles. The molecule has 0 saturated heterocycles. The molecule has 140 valence electrons. The van der Waals surface area contributed by atoms with E-state index in [2.05, 4.69) is 52.8 Å². The summed E-state index contributed by atoms with van der Waals surface area (Å²) in [6.07, 6.45) is 1.75. The second-order valence-corrected chi connectivity index (χ2v) is 9.43. The summed E-state index contributed by atoms with van der Waals surface area (Å²) < 4.78 is 3.73. The van der Waals surface area contributed by atoms with E-state index in [9.17, 15) is 4.79 Å². The molecule has 0 saturated carbocycles. The van der Waals surface area contributed by atoms with Crippen LogP contribution in [0.15, 0.2) is 33.0 Å². The van der Waals surface area contributed by atoms with Crippen molar-refractivity contribution in [3.63, 3.8) is 0 Å². The topological polar surface area (TPSA) is 65.1 Å². The summed E-state index contributed by atoms with van der Waals surface area (Å²) in [5.74, 6) is 1.48. The molecule has 0 amide bonds. The van der Waals surface area contributed by atoms with Crippen molar-refractivity contribution in [3.8, 4) is 11.4 Å². The molecule has 4 aromatic heterocycles. The maximum Gasteiger partial charge on any atom is 0.258 e.